The van der Waals surface area contributed by atoms with E-state index in [-0.39, 0.29) is 11.3 Å². The lowest BCUT2D eigenvalue weighted by Gasteiger charge is -2.48. The molecule has 7 unspecified atom stereocenters. The molecule has 4 aliphatic carbocycles. The molecule has 0 amide bonds. The van der Waals surface area contributed by atoms with Gasteiger partial charge in [0.2, 0.25) is 0 Å². The van der Waals surface area contributed by atoms with Gasteiger partial charge in [-0.3, -0.25) is 4.79 Å². The molecule has 1 N–H and O–H groups in total. The lowest BCUT2D eigenvalue weighted by molar-refractivity contribution is -0.145. The Morgan fingerprint density at radius 1 is 1.00 bits per heavy atom. The molecule has 3 fully saturated rings. The zero-order valence-electron chi connectivity index (χ0n) is 14.1. The number of benzene rings is 2. The van der Waals surface area contributed by atoms with E-state index in [2.05, 4.69) is 54.6 Å². The third-order valence-corrected chi connectivity index (χ3v) is 8.07. The molecule has 3 saturated carbocycles. The molecule has 4 bridgehead atoms. The van der Waals surface area contributed by atoms with Gasteiger partial charge in [-0.15, -0.1) is 0 Å². The Kier molecular flexibility index (Phi) is 2.57. The summed E-state index contributed by atoms with van der Waals surface area (Å²) in [7, 11) is 0. The van der Waals surface area contributed by atoms with Crippen LogP contribution in [0.1, 0.15) is 24.8 Å². The molecule has 2 heteroatoms. The molecule has 0 spiro atoms. The van der Waals surface area contributed by atoms with Gasteiger partial charge in [0, 0.05) is 5.41 Å². The minimum atomic E-state index is -0.564. The predicted molar refractivity (Wildman–Crippen MR) is 97.2 cm³/mol. The minimum absolute atomic E-state index is 0.120. The van der Waals surface area contributed by atoms with Crippen LogP contribution in [0.2, 0.25) is 0 Å². The van der Waals surface area contributed by atoms with Gasteiger partial charge in [-0.25, -0.2) is 0 Å². The van der Waals surface area contributed by atoms with Crippen LogP contribution in [-0.2, 0) is 10.2 Å². The maximum Gasteiger partial charge on any atom is 0.306 e. The number of hydrogen-bond acceptors (Lipinski definition) is 1. The van der Waals surface area contributed by atoms with E-state index in [0.717, 1.165) is 12.8 Å². The molecule has 2 aromatic carbocycles. The molecule has 0 aromatic heterocycles. The van der Waals surface area contributed by atoms with Crippen LogP contribution in [0.25, 0.3) is 10.8 Å². The van der Waals surface area contributed by atoms with Crippen molar-refractivity contribution in [3.05, 3.63) is 60.2 Å². The standard InChI is InChI=1S/C23H22O2/c24-22(25)19-12-16-11-18(19)21-14-8-9-15(10-14)23(16,21)20-7-3-5-13-4-1-2-6-17(13)20/h1-9,14-16,18-19,21H,10-12H2,(H,24,25). The third kappa shape index (κ3) is 1.51. The fraction of sp³-hybridized carbons (Fsp3) is 0.435. The summed E-state index contributed by atoms with van der Waals surface area (Å²) in [5.74, 6) is 1.90. The van der Waals surface area contributed by atoms with Gasteiger partial charge in [-0.1, -0.05) is 54.6 Å². The van der Waals surface area contributed by atoms with Crippen LogP contribution in [0, 0.1) is 35.5 Å². The molecular formula is C23H22O2. The maximum atomic E-state index is 11.8. The summed E-state index contributed by atoms with van der Waals surface area (Å²) in [4.78, 5) is 11.8. The summed E-state index contributed by atoms with van der Waals surface area (Å²) in [6, 6.07) is 15.5. The van der Waals surface area contributed by atoms with E-state index in [1.807, 2.05) is 0 Å². The number of aliphatic carboxylic acids is 1. The minimum Gasteiger partial charge on any atom is -0.481 e. The van der Waals surface area contributed by atoms with Gasteiger partial charge in [0.05, 0.1) is 5.92 Å². The third-order valence-electron chi connectivity index (χ3n) is 8.07. The van der Waals surface area contributed by atoms with Crippen LogP contribution < -0.4 is 0 Å². The average Bonchev–Trinajstić information content (AvgIpc) is 3.38. The van der Waals surface area contributed by atoms with Gasteiger partial charge in [0.15, 0.2) is 0 Å². The van der Waals surface area contributed by atoms with E-state index in [0.29, 0.717) is 29.6 Å². The van der Waals surface area contributed by atoms with Crippen molar-refractivity contribution in [2.75, 3.05) is 0 Å². The zero-order valence-corrected chi connectivity index (χ0v) is 14.1. The predicted octanol–water partition coefficient (Wildman–Crippen LogP) is 4.64. The highest BCUT2D eigenvalue weighted by atomic mass is 16.4. The number of carboxylic acids is 1. The van der Waals surface area contributed by atoms with Crippen molar-refractivity contribution < 1.29 is 9.90 Å². The number of allylic oxidation sites excluding steroid dienone is 2. The van der Waals surface area contributed by atoms with Crippen molar-refractivity contribution in [3.8, 4) is 0 Å². The van der Waals surface area contributed by atoms with Gasteiger partial charge in [0.25, 0.3) is 0 Å². The first kappa shape index (κ1) is 14.1. The largest absolute Gasteiger partial charge is 0.481 e. The van der Waals surface area contributed by atoms with Gasteiger partial charge >= 0.3 is 5.97 Å². The Morgan fingerprint density at radius 2 is 1.84 bits per heavy atom. The fourth-order valence-corrected chi connectivity index (χ4v) is 7.54. The van der Waals surface area contributed by atoms with Crippen molar-refractivity contribution in [1.29, 1.82) is 0 Å². The Hall–Kier alpha value is -2.09. The van der Waals surface area contributed by atoms with E-state index < -0.39 is 5.97 Å². The summed E-state index contributed by atoms with van der Waals surface area (Å²) in [5, 5.41) is 12.4. The second-order valence-corrected chi connectivity index (χ2v) is 8.65. The van der Waals surface area contributed by atoms with Crippen LogP contribution in [-0.4, -0.2) is 11.1 Å². The molecule has 2 nitrogen and oxygen atoms in total. The molecule has 0 aliphatic heterocycles. The SMILES string of the molecule is O=C(O)C1CC2CC1C1C3C=CC(C3)C21c1cccc2ccccc12. The number of hydrogen-bond donors (Lipinski definition) is 1. The van der Waals surface area contributed by atoms with Crippen LogP contribution >= 0.6 is 0 Å². The zero-order chi connectivity index (χ0) is 16.8. The van der Waals surface area contributed by atoms with Crippen molar-refractivity contribution in [1.82, 2.24) is 0 Å². The van der Waals surface area contributed by atoms with Gasteiger partial charge in [-0.2, -0.15) is 0 Å². The fourth-order valence-electron chi connectivity index (χ4n) is 7.54. The van der Waals surface area contributed by atoms with E-state index in [1.165, 1.54) is 22.8 Å². The summed E-state index contributed by atoms with van der Waals surface area (Å²) >= 11 is 0. The van der Waals surface area contributed by atoms with E-state index in [4.69, 9.17) is 0 Å². The molecular weight excluding hydrogens is 308 g/mol. The molecule has 0 saturated heterocycles. The summed E-state index contributed by atoms with van der Waals surface area (Å²) in [5.41, 5.74) is 1.68. The quantitative estimate of drug-likeness (QED) is 0.643. The first-order valence-electron chi connectivity index (χ1n) is 9.60. The smallest absolute Gasteiger partial charge is 0.306 e. The second-order valence-electron chi connectivity index (χ2n) is 8.65. The summed E-state index contributed by atoms with van der Waals surface area (Å²) < 4.78 is 0. The van der Waals surface area contributed by atoms with Gasteiger partial charge < -0.3 is 5.11 Å². The number of carbonyl (C=O) groups is 1. The Balaban J connectivity index is 1.61. The topological polar surface area (TPSA) is 37.3 Å². The van der Waals surface area contributed by atoms with Crippen molar-refractivity contribution >= 4 is 16.7 Å². The highest BCUT2D eigenvalue weighted by Crippen LogP contribution is 2.74. The molecule has 0 radical (unpaired) electrons. The lowest BCUT2D eigenvalue weighted by atomic mass is 9.55. The first-order chi connectivity index (χ1) is 12.2. The highest BCUT2D eigenvalue weighted by Gasteiger charge is 2.71. The second kappa shape index (κ2) is 4.55. The monoisotopic (exact) mass is 330 g/mol. The summed E-state index contributed by atoms with van der Waals surface area (Å²) in [6.45, 7) is 0. The maximum absolute atomic E-state index is 11.8. The van der Waals surface area contributed by atoms with Gasteiger partial charge in [-0.05, 0) is 65.2 Å². The number of rotatable bonds is 2. The van der Waals surface area contributed by atoms with Gasteiger partial charge in [0.1, 0.15) is 0 Å². The average molecular weight is 330 g/mol. The Morgan fingerprint density at radius 3 is 2.72 bits per heavy atom. The molecule has 126 valence electrons. The van der Waals surface area contributed by atoms with Crippen LogP contribution in [0.4, 0.5) is 0 Å². The molecule has 6 rings (SSSR count). The van der Waals surface area contributed by atoms with E-state index in [9.17, 15) is 9.90 Å². The van der Waals surface area contributed by atoms with Crippen LogP contribution in [0.15, 0.2) is 54.6 Å². The number of carboxylic acid groups (broad SMARTS) is 1. The van der Waals surface area contributed by atoms with E-state index >= 15 is 0 Å². The van der Waals surface area contributed by atoms with Crippen LogP contribution in [0.3, 0.4) is 0 Å². The normalized spacial score (nSPS) is 43.0. The molecule has 2 aromatic rings. The molecule has 7 atom stereocenters. The number of fused-ring (bicyclic) bond motifs is 10. The lowest BCUT2D eigenvalue weighted by Crippen LogP contribution is -2.47. The molecule has 0 heterocycles. The van der Waals surface area contributed by atoms with E-state index in [1.54, 1.807) is 0 Å². The molecule has 4 aliphatic rings. The van der Waals surface area contributed by atoms with Crippen molar-refractivity contribution in [3.63, 3.8) is 0 Å². The van der Waals surface area contributed by atoms with Crippen molar-refractivity contribution in [2.24, 2.45) is 35.5 Å². The highest BCUT2D eigenvalue weighted by molar-refractivity contribution is 5.87. The first-order valence-corrected chi connectivity index (χ1v) is 9.60. The van der Waals surface area contributed by atoms with Crippen molar-refractivity contribution in [2.45, 2.75) is 24.7 Å². The van der Waals surface area contributed by atoms with Crippen LogP contribution in [0.5, 0.6) is 0 Å². The summed E-state index contributed by atoms with van der Waals surface area (Å²) in [6.07, 6.45) is 8.07. The molecule has 25 heavy (non-hydrogen) atoms. The Labute approximate surface area is 147 Å². The Bertz CT molecular complexity index is 923.